The lowest BCUT2D eigenvalue weighted by Crippen LogP contribution is -2.34. The summed E-state index contributed by atoms with van der Waals surface area (Å²) >= 11 is 6.77. The van der Waals surface area contributed by atoms with Crippen LogP contribution in [0.5, 0.6) is 0 Å². The molecule has 0 atom stereocenters. The van der Waals surface area contributed by atoms with E-state index in [0.29, 0.717) is 41.0 Å². The third kappa shape index (κ3) is 5.21. The van der Waals surface area contributed by atoms with Crippen LogP contribution in [0, 0.1) is 18.3 Å². The molecular formula is C23H32N4O2S2. The van der Waals surface area contributed by atoms with Gasteiger partial charge in [-0.3, -0.25) is 19.1 Å². The van der Waals surface area contributed by atoms with Gasteiger partial charge in [-0.05, 0) is 45.8 Å². The Bertz CT molecular complexity index is 971. The topological polar surface area (TPSA) is 69.3 Å². The summed E-state index contributed by atoms with van der Waals surface area (Å²) in [5.74, 6) is 0.659. The third-order valence-electron chi connectivity index (χ3n) is 5.61. The van der Waals surface area contributed by atoms with Crippen LogP contribution in [0.4, 0.5) is 5.82 Å². The van der Waals surface area contributed by atoms with Gasteiger partial charge in [0.1, 0.15) is 21.8 Å². The van der Waals surface area contributed by atoms with Gasteiger partial charge in [0.15, 0.2) is 0 Å². The maximum Gasteiger partial charge on any atom is 0.270 e. The molecule has 1 aliphatic rings. The Morgan fingerprint density at radius 2 is 1.81 bits per heavy atom. The fourth-order valence-corrected chi connectivity index (χ4v) is 5.11. The minimum absolute atomic E-state index is 0.0934. The first-order chi connectivity index (χ1) is 14.9. The molecule has 168 valence electrons. The SMILES string of the molecule is CCCCCCN1C(=O)C(=Cc2c(C)c(C#N)c(=O)n(CC)c2N(CC)CC)SC1=S. The lowest BCUT2D eigenvalue weighted by atomic mass is 10.0. The highest BCUT2D eigenvalue weighted by Gasteiger charge is 2.32. The second-order valence-electron chi connectivity index (χ2n) is 7.46. The number of thiocarbonyl (C=S) groups is 1. The van der Waals surface area contributed by atoms with Gasteiger partial charge in [0.2, 0.25) is 0 Å². The number of aromatic nitrogens is 1. The molecule has 0 N–H and O–H groups in total. The van der Waals surface area contributed by atoms with E-state index in [-0.39, 0.29) is 17.0 Å². The fourth-order valence-electron chi connectivity index (χ4n) is 3.82. The number of hydrogen-bond acceptors (Lipinski definition) is 6. The molecule has 2 heterocycles. The predicted molar refractivity (Wildman–Crippen MR) is 133 cm³/mol. The van der Waals surface area contributed by atoms with Crippen molar-refractivity contribution in [1.82, 2.24) is 9.47 Å². The van der Waals surface area contributed by atoms with Crippen molar-refractivity contribution in [3.8, 4) is 6.07 Å². The van der Waals surface area contributed by atoms with Crippen LogP contribution in [0.2, 0.25) is 0 Å². The second-order valence-corrected chi connectivity index (χ2v) is 9.14. The number of nitrogens with zero attached hydrogens (tertiary/aromatic N) is 4. The fraction of sp³-hybridized carbons (Fsp3) is 0.565. The van der Waals surface area contributed by atoms with Gasteiger partial charge in [0, 0.05) is 31.7 Å². The van der Waals surface area contributed by atoms with Gasteiger partial charge in [-0.2, -0.15) is 5.26 Å². The van der Waals surface area contributed by atoms with Gasteiger partial charge in [-0.25, -0.2) is 0 Å². The van der Waals surface area contributed by atoms with Gasteiger partial charge in [0.25, 0.3) is 11.5 Å². The molecule has 1 aromatic rings. The number of pyridine rings is 1. The molecular weight excluding hydrogens is 428 g/mol. The highest BCUT2D eigenvalue weighted by molar-refractivity contribution is 8.26. The van der Waals surface area contributed by atoms with Crippen molar-refractivity contribution in [3.63, 3.8) is 0 Å². The molecule has 0 spiro atoms. The average Bonchev–Trinajstić information content (AvgIpc) is 3.02. The van der Waals surface area contributed by atoms with Crippen molar-refractivity contribution >= 4 is 46.1 Å². The van der Waals surface area contributed by atoms with E-state index in [1.807, 2.05) is 26.8 Å². The molecule has 1 aromatic heterocycles. The van der Waals surface area contributed by atoms with E-state index in [0.717, 1.165) is 37.1 Å². The molecule has 0 radical (unpaired) electrons. The highest BCUT2D eigenvalue weighted by Crippen LogP contribution is 2.36. The molecule has 0 aromatic carbocycles. The first-order valence-corrected chi connectivity index (χ1v) is 12.3. The molecule has 1 saturated heterocycles. The summed E-state index contributed by atoms with van der Waals surface area (Å²) < 4.78 is 2.20. The quantitative estimate of drug-likeness (QED) is 0.287. The van der Waals surface area contributed by atoms with Crippen molar-refractivity contribution in [1.29, 1.82) is 5.26 Å². The van der Waals surface area contributed by atoms with Gasteiger partial charge in [-0.15, -0.1) is 0 Å². The van der Waals surface area contributed by atoms with Crippen LogP contribution in [0.25, 0.3) is 6.08 Å². The summed E-state index contributed by atoms with van der Waals surface area (Å²) in [6.45, 7) is 12.4. The van der Waals surface area contributed by atoms with Crippen LogP contribution in [-0.2, 0) is 11.3 Å². The van der Waals surface area contributed by atoms with Gasteiger partial charge in [-0.1, -0.05) is 50.2 Å². The lowest BCUT2D eigenvalue weighted by Gasteiger charge is -2.28. The standard InChI is InChI=1S/C23H32N4O2S2/c1-6-10-11-12-13-27-22(29)19(31-23(27)30)14-17-16(5)18(15-24)21(28)26(9-4)20(17)25(7-2)8-3/h14H,6-13H2,1-5H3. The van der Waals surface area contributed by atoms with E-state index in [1.54, 1.807) is 16.4 Å². The number of carbonyl (C=O) groups is 1. The largest absolute Gasteiger partial charge is 0.358 e. The van der Waals surface area contributed by atoms with Gasteiger partial charge in [0.05, 0.1) is 4.91 Å². The van der Waals surface area contributed by atoms with Crippen LogP contribution in [-0.4, -0.2) is 39.3 Å². The van der Waals surface area contributed by atoms with E-state index in [1.165, 1.54) is 11.8 Å². The Kier molecular flexibility index (Phi) is 9.32. The zero-order chi connectivity index (χ0) is 23.1. The molecule has 1 amide bonds. The normalized spacial score (nSPS) is 15.1. The molecule has 1 fully saturated rings. The summed E-state index contributed by atoms with van der Waals surface area (Å²) in [5, 5.41) is 9.63. The van der Waals surface area contributed by atoms with E-state index < -0.39 is 0 Å². The summed E-state index contributed by atoms with van der Waals surface area (Å²) in [5.41, 5.74) is 1.18. The second kappa shape index (κ2) is 11.5. The Morgan fingerprint density at radius 3 is 2.35 bits per heavy atom. The Morgan fingerprint density at radius 1 is 1.13 bits per heavy atom. The number of thioether (sulfide) groups is 1. The van der Waals surface area contributed by atoms with Crippen molar-refractivity contribution < 1.29 is 4.79 Å². The number of rotatable bonds is 10. The zero-order valence-corrected chi connectivity index (χ0v) is 20.8. The van der Waals surface area contributed by atoms with Crippen LogP contribution in [0.1, 0.15) is 70.1 Å². The highest BCUT2D eigenvalue weighted by atomic mass is 32.2. The predicted octanol–water partition coefficient (Wildman–Crippen LogP) is 4.68. The van der Waals surface area contributed by atoms with Crippen molar-refractivity contribution in [2.45, 2.75) is 66.8 Å². The number of hydrogen-bond donors (Lipinski definition) is 0. The van der Waals surface area contributed by atoms with E-state index in [2.05, 4.69) is 17.9 Å². The molecule has 0 unspecified atom stereocenters. The summed E-state index contributed by atoms with van der Waals surface area (Å²) in [6.07, 6.45) is 6.11. The Hall–Kier alpha value is -2.11. The molecule has 31 heavy (non-hydrogen) atoms. The number of nitriles is 1. The van der Waals surface area contributed by atoms with Crippen molar-refractivity contribution in [2.24, 2.45) is 0 Å². The van der Waals surface area contributed by atoms with Gasteiger partial charge < -0.3 is 4.90 Å². The average molecular weight is 461 g/mol. The number of anilines is 1. The molecule has 6 nitrogen and oxygen atoms in total. The zero-order valence-electron chi connectivity index (χ0n) is 19.2. The van der Waals surface area contributed by atoms with Crippen molar-refractivity contribution in [2.75, 3.05) is 24.5 Å². The molecule has 0 aliphatic carbocycles. The van der Waals surface area contributed by atoms with Crippen LogP contribution in [0.3, 0.4) is 0 Å². The lowest BCUT2D eigenvalue weighted by molar-refractivity contribution is -0.122. The first-order valence-electron chi connectivity index (χ1n) is 11.0. The first kappa shape index (κ1) is 25.2. The molecule has 0 bridgehead atoms. The van der Waals surface area contributed by atoms with E-state index >= 15 is 0 Å². The van der Waals surface area contributed by atoms with Crippen LogP contribution in [0.15, 0.2) is 9.70 Å². The molecule has 8 heteroatoms. The summed E-state index contributed by atoms with van der Waals surface area (Å²) in [6, 6.07) is 2.07. The third-order valence-corrected chi connectivity index (χ3v) is 6.99. The monoisotopic (exact) mass is 460 g/mol. The maximum atomic E-state index is 13.1. The summed E-state index contributed by atoms with van der Waals surface area (Å²) in [7, 11) is 0. The van der Waals surface area contributed by atoms with Crippen LogP contribution >= 0.6 is 24.0 Å². The minimum atomic E-state index is -0.287. The minimum Gasteiger partial charge on any atom is -0.358 e. The van der Waals surface area contributed by atoms with E-state index in [4.69, 9.17) is 12.2 Å². The smallest absolute Gasteiger partial charge is 0.270 e. The maximum absolute atomic E-state index is 13.1. The van der Waals surface area contributed by atoms with Crippen LogP contribution < -0.4 is 10.5 Å². The Labute approximate surface area is 194 Å². The Balaban J connectivity index is 2.58. The molecule has 1 aliphatic heterocycles. The molecule has 2 rings (SSSR count). The van der Waals surface area contributed by atoms with Gasteiger partial charge >= 0.3 is 0 Å². The molecule has 0 saturated carbocycles. The van der Waals surface area contributed by atoms with E-state index in [9.17, 15) is 14.9 Å². The summed E-state index contributed by atoms with van der Waals surface area (Å²) in [4.78, 5) is 30.3. The number of carbonyl (C=O) groups excluding carboxylic acids is 1. The number of unbranched alkanes of at least 4 members (excludes halogenated alkanes) is 3. The van der Waals surface area contributed by atoms with Crippen molar-refractivity contribution in [3.05, 3.63) is 31.9 Å². The number of amides is 1.